The van der Waals surface area contributed by atoms with Crippen LogP contribution >= 0.6 is 0 Å². The minimum atomic E-state index is -3.96. The molecule has 39 heavy (non-hydrogen) atoms. The Hall–Kier alpha value is -3.66. The number of benzene rings is 2. The fourth-order valence-corrected chi connectivity index (χ4v) is 5.79. The fraction of sp³-hybridized carbons (Fsp3) is 0.414. The summed E-state index contributed by atoms with van der Waals surface area (Å²) in [5.41, 5.74) is 3.32. The van der Waals surface area contributed by atoms with Gasteiger partial charge in [-0.3, -0.25) is 9.59 Å². The lowest BCUT2D eigenvalue weighted by atomic mass is 9.99. The number of aromatic nitrogens is 1. The summed E-state index contributed by atoms with van der Waals surface area (Å²) in [5.74, 6) is 0.142. The van der Waals surface area contributed by atoms with Crippen LogP contribution in [0.15, 0.2) is 57.9 Å². The number of nitrogens with one attached hydrogen (secondary N) is 2. The molecule has 1 fully saturated rings. The summed E-state index contributed by atoms with van der Waals surface area (Å²) in [5, 5.41) is 6.54. The molecular formula is C29H36N4O5S. The summed E-state index contributed by atoms with van der Waals surface area (Å²) >= 11 is 0. The molecule has 0 spiro atoms. The third-order valence-corrected chi connectivity index (χ3v) is 8.40. The van der Waals surface area contributed by atoms with E-state index in [0.717, 1.165) is 18.4 Å². The Labute approximate surface area is 230 Å². The first-order chi connectivity index (χ1) is 18.5. The molecule has 208 valence electrons. The maximum absolute atomic E-state index is 13.3. The summed E-state index contributed by atoms with van der Waals surface area (Å²) in [4.78, 5) is 27.8. The minimum absolute atomic E-state index is 0.00814. The van der Waals surface area contributed by atoms with E-state index in [0.29, 0.717) is 35.3 Å². The average molecular weight is 553 g/mol. The van der Waals surface area contributed by atoms with Crippen LogP contribution in [0.25, 0.3) is 11.1 Å². The summed E-state index contributed by atoms with van der Waals surface area (Å²) in [6.45, 7) is 7.85. The first-order valence-corrected chi connectivity index (χ1v) is 14.7. The first-order valence-electron chi connectivity index (χ1n) is 13.2. The molecule has 2 amide bonds. The van der Waals surface area contributed by atoms with Crippen molar-refractivity contribution in [2.45, 2.75) is 64.4 Å². The van der Waals surface area contributed by atoms with Crippen LogP contribution in [-0.2, 0) is 26.2 Å². The van der Waals surface area contributed by atoms with Crippen molar-refractivity contribution in [2.24, 2.45) is 11.8 Å². The number of carbonyl (C=O) groups excluding carboxylic acids is 2. The van der Waals surface area contributed by atoms with Crippen LogP contribution in [0.1, 0.15) is 49.9 Å². The lowest BCUT2D eigenvalue weighted by Crippen LogP contribution is -2.49. The van der Waals surface area contributed by atoms with E-state index in [4.69, 9.17) is 4.52 Å². The van der Waals surface area contributed by atoms with Gasteiger partial charge in [0.2, 0.25) is 17.7 Å². The van der Waals surface area contributed by atoms with Gasteiger partial charge in [-0.05, 0) is 56.2 Å². The zero-order valence-corrected chi connectivity index (χ0v) is 23.8. The largest absolute Gasteiger partial charge is 0.357 e. The molecule has 2 aromatic carbocycles. The van der Waals surface area contributed by atoms with Gasteiger partial charge in [0.05, 0.1) is 10.6 Å². The van der Waals surface area contributed by atoms with Gasteiger partial charge in [-0.1, -0.05) is 61.5 Å². The molecule has 3 aromatic rings. The molecule has 10 heteroatoms. The summed E-state index contributed by atoms with van der Waals surface area (Å²) < 4.78 is 34.2. The number of amides is 2. The standard InChI is InChI=1S/C29H36N4O5S/c1-18(2)16-25(27(34)30-5)33(29(35)23-14-15-23)17-21-10-12-22(13-11-21)24-8-6-7-9-26(24)39(36,37)32-28-19(3)20(4)31-38-28/h6-13,18,23,25,32H,14-17H2,1-5H3,(H,30,34). The maximum Gasteiger partial charge on any atom is 0.264 e. The second-order valence-electron chi connectivity index (χ2n) is 10.5. The fourth-order valence-electron chi connectivity index (χ4n) is 4.51. The molecule has 1 unspecified atom stereocenters. The molecule has 0 saturated heterocycles. The van der Waals surface area contributed by atoms with Crippen LogP contribution < -0.4 is 10.0 Å². The van der Waals surface area contributed by atoms with Crippen molar-refractivity contribution >= 4 is 27.7 Å². The van der Waals surface area contributed by atoms with Crippen LogP contribution in [-0.4, -0.2) is 43.4 Å². The van der Waals surface area contributed by atoms with E-state index >= 15 is 0 Å². The molecule has 1 heterocycles. The average Bonchev–Trinajstić information content (AvgIpc) is 3.73. The van der Waals surface area contributed by atoms with E-state index in [2.05, 4.69) is 15.2 Å². The Morgan fingerprint density at radius 1 is 1.08 bits per heavy atom. The molecule has 0 aliphatic heterocycles. The SMILES string of the molecule is CNC(=O)C(CC(C)C)N(Cc1ccc(-c2ccccc2S(=O)(=O)Nc2onc(C)c2C)cc1)C(=O)C1CC1. The van der Waals surface area contributed by atoms with Gasteiger partial charge >= 0.3 is 0 Å². The van der Waals surface area contributed by atoms with Gasteiger partial charge in [-0.15, -0.1) is 0 Å². The smallest absolute Gasteiger partial charge is 0.264 e. The zero-order valence-electron chi connectivity index (χ0n) is 23.0. The van der Waals surface area contributed by atoms with Crippen molar-refractivity contribution in [1.29, 1.82) is 0 Å². The van der Waals surface area contributed by atoms with Crippen molar-refractivity contribution in [3.05, 3.63) is 65.4 Å². The molecular weight excluding hydrogens is 516 g/mol. The van der Waals surface area contributed by atoms with E-state index in [1.165, 1.54) is 0 Å². The number of likely N-dealkylation sites (N-methyl/N-ethyl adjacent to an activating group) is 1. The maximum atomic E-state index is 13.3. The van der Waals surface area contributed by atoms with Gasteiger partial charge in [-0.25, -0.2) is 13.1 Å². The lowest BCUT2D eigenvalue weighted by molar-refractivity contribution is -0.142. The number of anilines is 1. The lowest BCUT2D eigenvalue weighted by Gasteiger charge is -2.32. The normalized spacial score (nSPS) is 14.2. The van der Waals surface area contributed by atoms with Crippen LogP contribution in [0.4, 0.5) is 5.88 Å². The highest BCUT2D eigenvalue weighted by atomic mass is 32.2. The van der Waals surface area contributed by atoms with Crippen LogP contribution in [0.3, 0.4) is 0 Å². The molecule has 1 aromatic heterocycles. The molecule has 0 radical (unpaired) electrons. The van der Waals surface area contributed by atoms with Gasteiger partial charge in [0, 0.05) is 30.6 Å². The number of aryl methyl sites for hydroxylation is 1. The molecule has 0 bridgehead atoms. The molecule has 1 aliphatic carbocycles. The Morgan fingerprint density at radius 2 is 1.74 bits per heavy atom. The third kappa shape index (κ3) is 6.50. The number of nitrogens with zero attached hydrogens (tertiary/aromatic N) is 2. The predicted molar refractivity (Wildman–Crippen MR) is 149 cm³/mol. The quantitative estimate of drug-likeness (QED) is 0.357. The third-order valence-electron chi connectivity index (χ3n) is 7.01. The predicted octanol–water partition coefficient (Wildman–Crippen LogP) is 4.66. The summed E-state index contributed by atoms with van der Waals surface area (Å²) in [7, 11) is -2.37. The molecule has 1 aliphatic rings. The van der Waals surface area contributed by atoms with Crippen molar-refractivity contribution < 1.29 is 22.5 Å². The second-order valence-corrected chi connectivity index (χ2v) is 12.2. The number of hydrogen-bond acceptors (Lipinski definition) is 6. The van der Waals surface area contributed by atoms with E-state index in [1.807, 2.05) is 38.1 Å². The number of carbonyl (C=O) groups is 2. The molecule has 2 N–H and O–H groups in total. The summed E-state index contributed by atoms with van der Waals surface area (Å²) in [6, 6.07) is 13.6. The minimum Gasteiger partial charge on any atom is -0.357 e. The van der Waals surface area contributed by atoms with E-state index in [1.54, 1.807) is 50.1 Å². The van der Waals surface area contributed by atoms with Crippen molar-refractivity contribution in [2.75, 3.05) is 11.8 Å². The molecule has 4 rings (SSSR count). The van der Waals surface area contributed by atoms with Crippen molar-refractivity contribution in [3.63, 3.8) is 0 Å². The summed E-state index contributed by atoms with van der Waals surface area (Å²) in [6.07, 6.45) is 2.27. The van der Waals surface area contributed by atoms with Gasteiger partial charge in [0.1, 0.15) is 6.04 Å². The highest BCUT2D eigenvalue weighted by Gasteiger charge is 2.38. The van der Waals surface area contributed by atoms with E-state index in [9.17, 15) is 18.0 Å². The van der Waals surface area contributed by atoms with Crippen molar-refractivity contribution in [3.8, 4) is 11.1 Å². The monoisotopic (exact) mass is 552 g/mol. The molecule has 9 nitrogen and oxygen atoms in total. The van der Waals surface area contributed by atoms with E-state index in [-0.39, 0.29) is 34.4 Å². The molecule has 1 saturated carbocycles. The Morgan fingerprint density at radius 3 is 2.31 bits per heavy atom. The topological polar surface area (TPSA) is 122 Å². The highest BCUT2D eigenvalue weighted by Crippen LogP contribution is 2.34. The first kappa shape index (κ1) is 28.4. The van der Waals surface area contributed by atoms with Crippen LogP contribution in [0, 0.1) is 25.7 Å². The Balaban J connectivity index is 1.61. The second kappa shape index (κ2) is 11.6. The number of rotatable bonds is 11. The van der Waals surface area contributed by atoms with E-state index < -0.39 is 16.1 Å². The van der Waals surface area contributed by atoms with Gasteiger partial charge in [0.15, 0.2) is 0 Å². The van der Waals surface area contributed by atoms with Gasteiger partial charge in [0.25, 0.3) is 10.0 Å². The van der Waals surface area contributed by atoms with Crippen LogP contribution in [0.5, 0.6) is 0 Å². The van der Waals surface area contributed by atoms with Crippen LogP contribution in [0.2, 0.25) is 0 Å². The Kier molecular flexibility index (Phi) is 8.44. The zero-order chi connectivity index (χ0) is 28.3. The number of hydrogen-bond donors (Lipinski definition) is 2. The van der Waals surface area contributed by atoms with Gasteiger partial charge < -0.3 is 14.7 Å². The Bertz CT molecular complexity index is 1440. The van der Waals surface area contributed by atoms with Gasteiger partial charge in [-0.2, -0.15) is 0 Å². The molecule has 1 atom stereocenters. The highest BCUT2D eigenvalue weighted by molar-refractivity contribution is 7.92. The number of sulfonamides is 1. The van der Waals surface area contributed by atoms with Crippen molar-refractivity contribution in [1.82, 2.24) is 15.4 Å².